The van der Waals surface area contributed by atoms with Crippen molar-refractivity contribution in [1.29, 1.82) is 0 Å². The Morgan fingerprint density at radius 2 is 2.18 bits per heavy atom. The number of benzene rings is 1. The van der Waals surface area contributed by atoms with Gasteiger partial charge in [0.1, 0.15) is 5.52 Å². The van der Waals surface area contributed by atoms with Gasteiger partial charge in [0.25, 0.3) is 5.91 Å². The highest BCUT2D eigenvalue weighted by Crippen LogP contribution is 2.19. The van der Waals surface area contributed by atoms with E-state index in [1.54, 1.807) is 13.0 Å². The lowest BCUT2D eigenvalue weighted by Crippen LogP contribution is -2.36. The molecule has 0 aliphatic heterocycles. The number of rotatable bonds is 5. The number of amides is 1. The van der Waals surface area contributed by atoms with Gasteiger partial charge in [-0.25, -0.2) is 9.78 Å². The Kier molecular flexibility index (Phi) is 3.91. The van der Waals surface area contributed by atoms with Crippen molar-refractivity contribution in [2.45, 2.75) is 31.9 Å². The molecule has 1 N–H and O–H groups in total. The van der Waals surface area contributed by atoms with Gasteiger partial charge in [0.05, 0.1) is 0 Å². The number of fused-ring (bicyclic) bond motifs is 1. The topological polar surface area (TPSA) is 81.4 Å². The predicted molar refractivity (Wildman–Crippen MR) is 79.8 cm³/mol. The molecule has 1 atom stereocenters. The third-order valence-electron chi connectivity index (χ3n) is 3.26. The summed E-state index contributed by atoms with van der Waals surface area (Å²) in [6, 6.07) is 7.55. The fourth-order valence-electron chi connectivity index (χ4n) is 1.91. The molecule has 2 aromatic rings. The summed E-state index contributed by atoms with van der Waals surface area (Å²) in [4.78, 5) is 27.6. The molecule has 1 unspecified atom stereocenters. The maximum atomic E-state index is 11.7. The lowest BCUT2D eigenvalue weighted by Gasteiger charge is -2.11. The van der Waals surface area contributed by atoms with Crippen molar-refractivity contribution in [1.82, 2.24) is 10.3 Å². The molecular formula is C16H16N2O4. The first-order chi connectivity index (χ1) is 10.6. The summed E-state index contributed by atoms with van der Waals surface area (Å²) >= 11 is 0. The molecule has 6 heteroatoms. The first kappa shape index (κ1) is 14.3. The minimum absolute atomic E-state index is 0.240. The molecule has 0 radical (unpaired) electrons. The minimum Gasteiger partial charge on any atom is -0.449 e. The number of nitrogens with one attached hydrogen (secondary N) is 1. The van der Waals surface area contributed by atoms with Gasteiger partial charge in [0, 0.05) is 18.2 Å². The molecule has 1 fully saturated rings. The van der Waals surface area contributed by atoms with E-state index >= 15 is 0 Å². The Balaban J connectivity index is 1.56. The summed E-state index contributed by atoms with van der Waals surface area (Å²) in [5.41, 5.74) is 1.36. The van der Waals surface area contributed by atoms with E-state index in [0.29, 0.717) is 17.0 Å². The van der Waals surface area contributed by atoms with E-state index in [1.807, 2.05) is 18.2 Å². The van der Waals surface area contributed by atoms with Gasteiger partial charge in [-0.15, -0.1) is 0 Å². The third kappa shape index (κ3) is 3.52. The van der Waals surface area contributed by atoms with Gasteiger partial charge in [-0.1, -0.05) is 12.1 Å². The van der Waals surface area contributed by atoms with Crippen LogP contribution in [0.15, 0.2) is 34.8 Å². The van der Waals surface area contributed by atoms with Gasteiger partial charge < -0.3 is 14.5 Å². The number of hydrogen-bond donors (Lipinski definition) is 1. The number of hydrogen-bond acceptors (Lipinski definition) is 5. The number of para-hydroxylation sites is 2. The van der Waals surface area contributed by atoms with Gasteiger partial charge >= 0.3 is 5.97 Å². The summed E-state index contributed by atoms with van der Waals surface area (Å²) in [6.45, 7) is 1.54. The number of nitrogens with zero attached hydrogens (tertiary/aromatic N) is 1. The Hall–Kier alpha value is -2.63. The molecule has 114 valence electrons. The van der Waals surface area contributed by atoms with E-state index in [1.165, 1.54) is 12.2 Å². The molecule has 1 aromatic heterocycles. The molecule has 1 amide bonds. The average Bonchev–Trinajstić information content (AvgIpc) is 3.21. The van der Waals surface area contributed by atoms with Crippen molar-refractivity contribution in [3.05, 3.63) is 36.2 Å². The van der Waals surface area contributed by atoms with Crippen molar-refractivity contribution in [2.75, 3.05) is 0 Å². The van der Waals surface area contributed by atoms with Gasteiger partial charge in [-0.3, -0.25) is 4.79 Å². The average molecular weight is 300 g/mol. The van der Waals surface area contributed by atoms with E-state index in [9.17, 15) is 9.59 Å². The summed E-state index contributed by atoms with van der Waals surface area (Å²) in [6.07, 6.45) is 3.79. The highest BCUT2D eigenvalue weighted by Gasteiger charge is 2.26. The molecule has 1 aromatic carbocycles. The predicted octanol–water partition coefficient (Wildman–Crippen LogP) is 2.05. The van der Waals surface area contributed by atoms with E-state index in [-0.39, 0.29) is 11.9 Å². The van der Waals surface area contributed by atoms with Gasteiger partial charge in [-0.2, -0.15) is 0 Å². The Morgan fingerprint density at radius 3 is 2.91 bits per heavy atom. The number of ether oxygens (including phenoxy) is 1. The first-order valence-corrected chi connectivity index (χ1v) is 7.16. The molecule has 22 heavy (non-hydrogen) atoms. The lowest BCUT2D eigenvalue weighted by atomic mass is 10.3. The number of carbonyl (C=O) groups is 2. The van der Waals surface area contributed by atoms with Crippen LogP contribution in [0.1, 0.15) is 25.7 Å². The maximum absolute atomic E-state index is 11.7. The van der Waals surface area contributed by atoms with Crippen LogP contribution in [0.3, 0.4) is 0 Å². The molecule has 1 saturated carbocycles. The zero-order valence-corrected chi connectivity index (χ0v) is 12.1. The third-order valence-corrected chi connectivity index (χ3v) is 3.26. The van der Waals surface area contributed by atoms with Crippen LogP contribution in [-0.2, 0) is 14.3 Å². The highest BCUT2D eigenvalue weighted by atomic mass is 16.5. The minimum atomic E-state index is -0.818. The quantitative estimate of drug-likeness (QED) is 0.675. The molecule has 0 spiro atoms. The normalized spacial score (nSPS) is 15.9. The Bertz CT molecular complexity index is 698. The fraction of sp³-hybridized carbons (Fsp3) is 0.312. The Morgan fingerprint density at radius 1 is 1.41 bits per heavy atom. The van der Waals surface area contributed by atoms with Crippen LogP contribution in [0.5, 0.6) is 0 Å². The van der Waals surface area contributed by atoms with Crippen molar-refractivity contribution in [3.8, 4) is 0 Å². The number of oxazole rings is 1. The van der Waals surface area contributed by atoms with Crippen LogP contribution >= 0.6 is 0 Å². The van der Waals surface area contributed by atoms with Crippen molar-refractivity contribution < 1.29 is 18.7 Å². The van der Waals surface area contributed by atoms with Gasteiger partial charge in [0.15, 0.2) is 11.7 Å². The summed E-state index contributed by atoms with van der Waals surface area (Å²) in [7, 11) is 0. The Labute approximate surface area is 127 Å². The van der Waals surface area contributed by atoms with E-state index < -0.39 is 12.1 Å². The molecule has 6 nitrogen and oxygen atoms in total. The van der Waals surface area contributed by atoms with Crippen LogP contribution < -0.4 is 5.32 Å². The first-order valence-electron chi connectivity index (χ1n) is 7.16. The smallest absolute Gasteiger partial charge is 0.331 e. The summed E-state index contributed by atoms with van der Waals surface area (Å²) < 4.78 is 10.5. The standard InChI is InChI=1S/C16H16N2O4/c1-10(16(20)17-11-6-7-11)21-15(19)9-8-14-18-12-4-2-3-5-13(12)22-14/h2-5,8-11H,6-7H2,1H3,(H,17,20)/b9-8+. The van der Waals surface area contributed by atoms with Crippen molar-refractivity contribution >= 4 is 29.1 Å². The summed E-state index contributed by atoms with van der Waals surface area (Å²) in [5.74, 6) is -0.569. The second-order valence-electron chi connectivity index (χ2n) is 5.22. The fourth-order valence-corrected chi connectivity index (χ4v) is 1.91. The second-order valence-corrected chi connectivity index (χ2v) is 5.22. The van der Waals surface area contributed by atoms with Crippen LogP contribution in [0.4, 0.5) is 0 Å². The van der Waals surface area contributed by atoms with Crippen LogP contribution in [0, 0.1) is 0 Å². The van der Waals surface area contributed by atoms with Crippen molar-refractivity contribution in [2.24, 2.45) is 0 Å². The summed E-state index contributed by atoms with van der Waals surface area (Å²) in [5, 5.41) is 2.78. The maximum Gasteiger partial charge on any atom is 0.331 e. The van der Waals surface area contributed by atoms with Crippen LogP contribution in [0.2, 0.25) is 0 Å². The zero-order chi connectivity index (χ0) is 15.5. The molecule has 1 heterocycles. The van der Waals surface area contributed by atoms with E-state index in [4.69, 9.17) is 9.15 Å². The molecular weight excluding hydrogens is 284 g/mol. The van der Waals surface area contributed by atoms with E-state index in [0.717, 1.165) is 12.8 Å². The van der Waals surface area contributed by atoms with Crippen molar-refractivity contribution in [3.63, 3.8) is 0 Å². The number of carbonyl (C=O) groups excluding carboxylic acids is 2. The van der Waals surface area contributed by atoms with Gasteiger partial charge in [0.2, 0.25) is 5.89 Å². The van der Waals surface area contributed by atoms with Crippen LogP contribution in [-0.4, -0.2) is 29.0 Å². The number of esters is 1. The zero-order valence-electron chi connectivity index (χ0n) is 12.1. The molecule has 1 aliphatic carbocycles. The largest absolute Gasteiger partial charge is 0.449 e. The monoisotopic (exact) mass is 300 g/mol. The molecule has 0 saturated heterocycles. The van der Waals surface area contributed by atoms with Crippen LogP contribution in [0.25, 0.3) is 17.2 Å². The van der Waals surface area contributed by atoms with E-state index in [2.05, 4.69) is 10.3 Å². The number of aromatic nitrogens is 1. The highest BCUT2D eigenvalue weighted by molar-refractivity contribution is 5.90. The molecule has 0 bridgehead atoms. The lowest BCUT2D eigenvalue weighted by molar-refractivity contribution is -0.150. The second kappa shape index (κ2) is 6.01. The molecule has 1 aliphatic rings. The molecule has 3 rings (SSSR count). The SMILES string of the molecule is CC(OC(=O)/C=C/c1nc2ccccc2o1)C(=O)NC1CC1. The van der Waals surface area contributed by atoms with Gasteiger partial charge in [-0.05, 0) is 31.9 Å².